The normalized spacial score (nSPS) is 19.1. The van der Waals surface area contributed by atoms with E-state index in [0.29, 0.717) is 12.5 Å². The molecule has 2 N–H and O–H groups in total. The van der Waals surface area contributed by atoms with Crippen LogP contribution in [-0.2, 0) is 5.41 Å². The molecule has 5 heteroatoms. The molecule has 108 valence electrons. The van der Waals surface area contributed by atoms with E-state index in [4.69, 9.17) is 10.3 Å². The van der Waals surface area contributed by atoms with Crippen LogP contribution in [0.3, 0.4) is 0 Å². The molecule has 1 aliphatic carbocycles. The summed E-state index contributed by atoms with van der Waals surface area (Å²) in [6, 6.07) is 0. The van der Waals surface area contributed by atoms with Crippen LogP contribution >= 0.6 is 0 Å². The first-order valence-electron chi connectivity index (χ1n) is 7.55. The molecule has 0 bridgehead atoms. The van der Waals surface area contributed by atoms with Gasteiger partial charge in [-0.15, -0.1) is 0 Å². The minimum absolute atomic E-state index is 0.0884. The Bertz CT molecular complexity index is 379. The van der Waals surface area contributed by atoms with Crippen molar-refractivity contribution in [3.8, 4) is 0 Å². The van der Waals surface area contributed by atoms with Gasteiger partial charge in [-0.05, 0) is 31.8 Å². The van der Waals surface area contributed by atoms with Gasteiger partial charge >= 0.3 is 0 Å². The molecular formula is C14H26N4O. The second-order valence-electron chi connectivity index (χ2n) is 5.47. The van der Waals surface area contributed by atoms with Gasteiger partial charge in [0.2, 0.25) is 5.89 Å². The molecule has 0 unspecified atom stereocenters. The summed E-state index contributed by atoms with van der Waals surface area (Å²) in [4.78, 5) is 6.73. The average Bonchev–Trinajstić information content (AvgIpc) is 2.80. The van der Waals surface area contributed by atoms with Crippen LogP contribution in [0.2, 0.25) is 0 Å². The zero-order chi connectivity index (χ0) is 13.7. The third-order valence-electron chi connectivity index (χ3n) is 4.37. The van der Waals surface area contributed by atoms with Crippen LogP contribution in [0.25, 0.3) is 0 Å². The van der Waals surface area contributed by atoms with E-state index in [9.17, 15) is 0 Å². The average molecular weight is 266 g/mol. The van der Waals surface area contributed by atoms with E-state index in [1.54, 1.807) is 0 Å². The van der Waals surface area contributed by atoms with Gasteiger partial charge in [-0.1, -0.05) is 25.7 Å². The highest BCUT2D eigenvalue weighted by atomic mass is 16.5. The number of aromatic nitrogens is 2. The number of anilines is 1. The van der Waals surface area contributed by atoms with Gasteiger partial charge in [-0.2, -0.15) is 4.98 Å². The summed E-state index contributed by atoms with van der Waals surface area (Å²) in [5.41, 5.74) is 5.96. The lowest BCUT2D eigenvalue weighted by Crippen LogP contribution is -2.35. The number of nitrogens with two attached hydrogens (primary N) is 1. The third-order valence-corrected chi connectivity index (χ3v) is 4.37. The highest BCUT2D eigenvalue weighted by Gasteiger charge is 2.37. The highest BCUT2D eigenvalue weighted by molar-refractivity contribution is 5.28. The van der Waals surface area contributed by atoms with Crippen LogP contribution in [0, 0.1) is 0 Å². The maximum Gasteiger partial charge on any atom is 0.266 e. The van der Waals surface area contributed by atoms with Crippen molar-refractivity contribution in [2.75, 3.05) is 24.5 Å². The van der Waals surface area contributed by atoms with Crippen LogP contribution < -0.4 is 10.6 Å². The van der Waals surface area contributed by atoms with Crippen molar-refractivity contribution < 1.29 is 4.52 Å². The van der Waals surface area contributed by atoms with E-state index >= 15 is 0 Å². The second kappa shape index (κ2) is 6.37. The summed E-state index contributed by atoms with van der Waals surface area (Å²) in [5.74, 6) is 1.45. The Morgan fingerprint density at radius 2 is 1.79 bits per heavy atom. The van der Waals surface area contributed by atoms with Gasteiger partial charge in [0.05, 0.1) is 5.41 Å². The molecule has 5 nitrogen and oxygen atoms in total. The Kier molecular flexibility index (Phi) is 4.80. The first-order chi connectivity index (χ1) is 9.25. The van der Waals surface area contributed by atoms with Crippen LogP contribution in [-0.4, -0.2) is 29.8 Å². The Morgan fingerprint density at radius 1 is 1.16 bits per heavy atom. The largest absolute Gasteiger partial charge is 0.339 e. The fourth-order valence-corrected chi connectivity index (χ4v) is 2.98. The molecule has 0 aliphatic heterocycles. The molecule has 1 aromatic rings. The first-order valence-corrected chi connectivity index (χ1v) is 7.55. The topological polar surface area (TPSA) is 68.2 Å². The second-order valence-corrected chi connectivity index (χ2v) is 5.47. The van der Waals surface area contributed by atoms with Gasteiger partial charge in [0.25, 0.3) is 5.95 Å². The van der Waals surface area contributed by atoms with Crippen molar-refractivity contribution in [2.45, 2.75) is 57.8 Å². The van der Waals surface area contributed by atoms with Crippen molar-refractivity contribution in [1.82, 2.24) is 10.1 Å². The Hall–Kier alpha value is -1.10. The zero-order valence-electron chi connectivity index (χ0n) is 12.2. The molecule has 1 saturated carbocycles. The molecule has 1 heterocycles. The summed E-state index contributed by atoms with van der Waals surface area (Å²) < 4.78 is 5.56. The van der Waals surface area contributed by atoms with Crippen LogP contribution in [0.5, 0.6) is 0 Å². The summed E-state index contributed by atoms with van der Waals surface area (Å²) in [5, 5.41) is 4.14. The predicted molar refractivity (Wildman–Crippen MR) is 76.3 cm³/mol. The predicted octanol–water partition coefficient (Wildman–Crippen LogP) is 2.47. The monoisotopic (exact) mass is 266 g/mol. The van der Waals surface area contributed by atoms with Crippen molar-refractivity contribution in [3.63, 3.8) is 0 Å². The lowest BCUT2D eigenvalue weighted by atomic mass is 9.80. The molecule has 0 aromatic carbocycles. The van der Waals surface area contributed by atoms with Crippen LogP contribution in [0.1, 0.15) is 58.3 Å². The number of rotatable bonds is 5. The van der Waals surface area contributed by atoms with Gasteiger partial charge < -0.3 is 15.2 Å². The molecule has 2 rings (SSSR count). The smallest absolute Gasteiger partial charge is 0.266 e. The maximum atomic E-state index is 6.05. The van der Waals surface area contributed by atoms with Gasteiger partial charge in [-0.25, -0.2) is 0 Å². The molecule has 0 saturated heterocycles. The van der Waals surface area contributed by atoms with E-state index in [0.717, 1.165) is 31.8 Å². The summed E-state index contributed by atoms with van der Waals surface area (Å²) in [7, 11) is 0. The number of hydrogen-bond donors (Lipinski definition) is 1. The lowest BCUT2D eigenvalue weighted by Gasteiger charge is -2.26. The molecule has 1 aliphatic rings. The fourth-order valence-electron chi connectivity index (χ4n) is 2.98. The SMILES string of the molecule is CCN(CC)c1noc(C2(CN)CCCCCC2)n1. The third kappa shape index (κ3) is 2.91. The number of nitrogens with zero attached hydrogens (tertiary/aromatic N) is 3. The van der Waals surface area contributed by atoms with E-state index < -0.39 is 0 Å². The van der Waals surface area contributed by atoms with E-state index in [1.807, 2.05) is 0 Å². The molecule has 19 heavy (non-hydrogen) atoms. The van der Waals surface area contributed by atoms with E-state index in [-0.39, 0.29) is 5.41 Å². The zero-order valence-corrected chi connectivity index (χ0v) is 12.2. The van der Waals surface area contributed by atoms with Crippen molar-refractivity contribution >= 4 is 5.95 Å². The number of hydrogen-bond acceptors (Lipinski definition) is 5. The fraction of sp³-hybridized carbons (Fsp3) is 0.857. The first kappa shape index (κ1) is 14.3. The van der Waals surface area contributed by atoms with Gasteiger partial charge in [0.1, 0.15) is 0 Å². The Balaban J connectivity index is 2.23. The van der Waals surface area contributed by atoms with Gasteiger partial charge in [-0.3, -0.25) is 0 Å². The molecule has 0 radical (unpaired) electrons. The standard InChI is InChI=1S/C14H26N4O/c1-3-18(4-2)13-16-12(19-17-13)14(11-15)9-7-5-6-8-10-14/h3-11,15H2,1-2H3. The Morgan fingerprint density at radius 3 is 2.32 bits per heavy atom. The van der Waals surface area contributed by atoms with Crippen molar-refractivity contribution in [2.24, 2.45) is 5.73 Å². The van der Waals surface area contributed by atoms with E-state index in [1.165, 1.54) is 25.7 Å². The van der Waals surface area contributed by atoms with Crippen LogP contribution in [0.15, 0.2) is 4.52 Å². The van der Waals surface area contributed by atoms with Crippen LogP contribution in [0.4, 0.5) is 5.95 Å². The Labute approximate surface area is 115 Å². The molecule has 0 atom stereocenters. The summed E-state index contributed by atoms with van der Waals surface area (Å²) >= 11 is 0. The minimum atomic E-state index is -0.0884. The molecule has 1 aromatic heterocycles. The summed E-state index contributed by atoms with van der Waals surface area (Å²) in [6.07, 6.45) is 7.14. The van der Waals surface area contributed by atoms with E-state index in [2.05, 4.69) is 28.9 Å². The maximum absolute atomic E-state index is 6.05. The molecule has 0 spiro atoms. The molecular weight excluding hydrogens is 240 g/mol. The quantitative estimate of drug-likeness (QED) is 0.829. The van der Waals surface area contributed by atoms with Crippen molar-refractivity contribution in [3.05, 3.63) is 5.89 Å². The summed E-state index contributed by atoms with van der Waals surface area (Å²) in [6.45, 7) is 6.59. The minimum Gasteiger partial charge on any atom is -0.339 e. The molecule has 1 fully saturated rings. The van der Waals surface area contributed by atoms with Gasteiger partial charge in [0, 0.05) is 19.6 Å². The highest BCUT2D eigenvalue weighted by Crippen LogP contribution is 2.37. The van der Waals surface area contributed by atoms with Crippen molar-refractivity contribution in [1.29, 1.82) is 0 Å². The lowest BCUT2D eigenvalue weighted by molar-refractivity contribution is 0.257. The molecule has 0 amide bonds. The van der Waals surface area contributed by atoms with Gasteiger partial charge in [0.15, 0.2) is 0 Å².